The van der Waals surface area contributed by atoms with Gasteiger partial charge in [-0.2, -0.15) is 0 Å². The molecule has 14 nitrogen and oxygen atoms in total. The topological polar surface area (TPSA) is 204 Å². The van der Waals surface area contributed by atoms with Gasteiger partial charge >= 0.3 is 18.0 Å². The number of anilines is 1. The van der Waals surface area contributed by atoms with E-state index >= 15 is 14.4 Å². The highest BCUT2D eigenvalue weighted by atomic mass is 16.6. The molecular weight excluding hydrogens is 861 g/mol. The Morgan fingerprint density at radius 1 is 0.750 bits per heavy atom. The molecule has 3 aliphatic rings. The van der Waals surface area contributed by atoms with Crippen LogP contribution < -0.4 is 26.6 Å². The van der Waals surface area contributed by atoms with Crippen LogP contribution in [0.4, 0.5) is 15.3 Å². The minimum atomic E-state index is -2.12. The molecule has 1 spiro atoms. The number of nitrogens with zero attached hydrogens (tertiary/aromatic N) is 2. The number of morpholine rings is 1. The van der Waals surface area contributed by atoms with Crippen molar-refractivity contribution >= 4 is 35.5 Å². The zero-order valence-electron chi connectivity index (χ0n) is 36.9. The van der Waals surface area contributed by atoms with Crippen LogP contribution in [0, 0.1) is 17.8 Å². The fourth-order valence-corrected chi connectivity index (χ4v) is 10.1. The molecule has 8 atom stereocenters. The summed E-state index contributed by atoms with van der Waals surface area (Å²) in [5.74, 6) is 1.83. The lowest BCUT2D eigenvalue weighted by atomic mass is 9.65. The SMILES string of the molecule is C[C@@H](NC(=O)N1C(=O)[C@@]2(c3cc(C#CCNC(N)=O)ccc31)[C@H](c1ccc(O)cc1)N1[C@H](c3ccccc3)[C@H](c3ccccc3)OC(=O)[C@H]1[C@@H]2C(=O)NC[C@H](O)c1ccccc1)c1ccccc1. The van der Waals surface area contributed by atoms with E-state index in [1.54, 1.807) is 67.6 Å². The van der Waals surface area contributed by atoms with E-state index in [-0.39, 0.29) is 30.1 Å². The van der Waals surface area contributed by atoms with Gasteiger partial charge < -0.3 is 36.6 Å². The number of fused-ring (bicyclic) bond motifs is 3. The van der Waals surface area contributed by atoms with E-state index in [4.69, 9.17) is 10.5 Å². The Labute approximate surface area is 392 Å². The van der Waals surface area contributed by atoms with Crippen molar-refractivity contribution in [2.75, 3.05) is 18.0 Å². The molecule has 6 aromatic rings. The number of nitrogens with two attached hydrogens (primary N) is 1. The van der Waals surface area contributed by atoms with Gasteiger partial charge in [0.1, 0.15) is 23.3 Å². The monoisotopic (exact) mass is 908 g/mol. The van der Waals surface area contributed by atoms with Gasteiger partial charge in [-0.3, -0.25) is 19.3 Å². The standard InChI is InChI=1S/C54H48N6O8/c1-33(35-16-6-2-7-17-35)58-53(67)59-42-29-24-34(15-14-30-56-52(55)66)31-41(42)54(51(59)65)44(49(63)57-32-43(62)36-18-8-3-9-19-36)46-50(64)68-47(38-22-12-5-13-23-38)45(37-20-10-4-11-21-37)60(46)48(54)39-25-27-40(61)28-26-39/h2-13,16-29,31,33,43-48,61-62H,30,32H2,1H3,(H,57,63)(H,58,67)(H3,55,56,66)/t33-,43+,44-,45-,46-,47+,48+,54-/m1/s1. The van der Waals surface area contributed by atoms with E-state index in [9.17, 15) is 19.8 Å². The number of esters is 1. The summed E-state index contributed by atoms with van der Waals surface area (Å²) in [5.41, 5.74) is 7.01. The Hall–Kier alpha value is -8.25. The molecule has 2 fully saturated rings. The van der Waals surface area contributed by atoms with Crippen LogP contribution >= 0.6 is 0 Å². The molecule has 6 aromatic carbocycles. The summed E-state index contributed by atoms with van der Waals surface area (Å²) in [6.07, 6.45) is -2.14. The first-order valence-corrected chi connectivity index (χ1v) is 22.2. The second kappa shape index (κ2) is 18.9. The van der Waals surface area contributed by atoms with E-state index < -0.39 is 77.6 Å². The minimum absolute atomic E-state index is 0.0717. The highest BCUT2D eigenvalue weighted by molar-refractivity contribution is 6.24. The first-order chi connectivity index (χ1) is 33.0. The summed E-state index contributed by atoms with van der Waals surface area (Å²) in [6.45, 7) is 1.39. The van der Waals surface area contributed by atoms with Crippen molar-refractivity contribution in [1.82, 2.24) is 20.9 Å². The molecule has 9 rings (SSSR count). The highest BCUT2D eigenvalue weighted by Crippen LogP contribution is 2.66. The highest BCUT2D eigenvalue weighted by Gasteiger charge is 2.75. The molecule has 0 bridgehead atoms. The number of benzene rings is 6. The predicted molar refractivity (Wildman–Crippen MR) is 252 cm³/mol. The van der Waals surface area contributed by atoms with E-state index in [1.165, 1.54) is 12.1 Å². The van der Waals surface area contributed by atoms with Crippen LogP contribution in [-0.2, 0) is 24.5 Å². The normalized spacial score (nSPS) is 22.4. The molecule has 0 radical (unpaired) electrons. The van der Waals surface area contributed by atoms with Crippen LogP contribution in [0.1, 0.15) is 76.2 Å². The van der Waals surface area contributed by atoms with Crippen LogP contribution in [0.15, 0.2) is 164 Å². The number of aromatic hydroxyl groups is 1. The Morgan fingerprint density at radius 3 is 1.99 bits per heavy atom. The second-order valence-electron chi connectivity index (χ2n) is 17.0. The molecule has 0 aromatic heterocycles. The summed E-state index contributed by atoms with van der Waals surface area (Å²) >= 11 is 0. The second-order valence-corrected chi connectivity index (χ2v) is 17.0. The van der Waals surface area contributed by atoms with Gasteiger partial charge in [0, 0.05) is 12.1 Å². The number of phenols is 1. The number of urea groups is 2. The van der Waals surface area contributed by atoms with Crippen molar-refractivity contribution in [3.8, 4) is 17.6 Å². The summed E-state index contributed by atoms with van der Waals surface area (Å²) in [4.78, 5) is 76.9. The summed E-state index contributed by atoms with van der Waals surface area (Å²) in [5, 5.41) is 30.5. The zero-order chi connectivity index (χ0) is 47.5. The summed E-state index contributed by atoms with van der Waals surface area (Å²) in [6, 6.07) is 41.9. The molecule has 6 amide bonds. The van der Waals surface area contributed by atoms with Gasteiger partial charge in [-0.1, -0.05) is 145 Å². The van der Waals surface area contributed by atoms with E-state index in [1.807, 2.05) is 95.9 Å². The number of nitrogens with one attached hydrogen (secondary N) is 3. The molecule has 342 valence electrons. The van der Waals surface area contributed by atoms with Crippen molar-refractivity contribution in [2.45, 2.75) is 48.7 Å². The third-order valence-electron chi connectivity index (χ3n) is 13.0. The third-order valence-corrected chi connectivity index (χ3v) is 13.0. The number of imide groups is 1. The Balaban J connectivity index is 1.31. The van der Waals surface area contributed by atoms with Gasteiger partial charge in [0.15, 0.2) is 0 Å². The first kappa shape index (κ1) is 44.9. The maximum absolute atomic E-state index is 16.5. The van der Waals surface area contributed by atoms with Gasteiger partial charge in [0.2, 0.25) is 11.8 Å². The van der Waals surface area contributed by atoms with Gasteiger partial charge in [-0.15, -0.1) is 0 Å². The van der Waals surface area contributed by atoms with Crippen molar-refractivity contribution in [3.05, 3.63) is 203 Å². The largest absolute Gasteiger partial charge is 0.508 e. The van der Waals surface area contributed by atoms with Crippen LogP contribution in [0.3, 0.4) is 0 Å². The number of primary amides is 1. The quantitative estimate of drug-likeness (QED) is 0.0665. The van der Waals surface area contributed by atoms with Crippen molar-refractivity contribution in [1.29, 1.82) is 0 Å². The fourth-order valence-electron chi connectivity index (χ4n) is 10.1. The van der Waals surface area contributed by atoms with Crippen LogP contribution in [-0.4, -0.2) is 64.1 Å². The number of phenolic OH excluding ortho intramolecular Hbond substituents is 1. The zero-order valence-corrected chi connectivity index (χ0v) is 36.9. The Bertz CT molecular complexity index is 2910. The molecule has 2 saturated heterocycles. The number of aliphatic hydroxyl groups excluding tert-OH is 1. The van der Waals surface area contributed by atoms with Crippen LogP contribution in [0.25, 0.3) is 0 Å². The number of hydrogen-bond donors (Lipinski definition) is 6. The fraction of sp³-hybridized carbons (Fsp3) is 0.204. The average Bonchev–Trinajstić information content (AvgIpc) is 3.82. The molecule has 3 heterocycles. The van der Waals surface area contributed by atoms with Crippen LogP contribution in [0.5, 0.6) is 5.75 Å². The minimum Gasteiger partial charge on any atom is -0.508 e. The molecule has 0 unspecified atom stereocenters. The Morgan fingerprint density at radius 2 is 1.35 bits per heavy atom. The summed E-state index contributed by atoms with van der Waals surface area (Å²) in [7, 11) is 0. The molecule has 0 saturated carbocycles. The van der Waals surface area contributed by atoms with Gasteiger partial charge in [0.25, 0.3) is 0 Å². The van der Waals surface area contributed by atoms with E-state index in [2.05, 4.69) is 27.8 Å². The lowest BCUT2D eigenvalue weighted by molar-refractivity contribution is -0.178. The smallest absolute Gasteiger partial charge is 0.329 e. The number of aliphatic hydroxyl groups is 1. The third kappa shape index (κ3) is 8.18. The number of ether oxygens (including phenoxy) is 1. The first-order valence-electron chi connectivity index (χ1n) is 22.2. The van der Waals surface area contributed by atoms with Crippen LogP contribution in [0.2, 0.25) is 0 Å². The lowest BCUT2D eigenvalue weighted by Crippen LogP contribution is -2.56. The van der Waals surface area contributed by atoms with Gasteiger partial charge in [0.05, 0.1) is 42.4 Å². The number of cyclic esters (lactones) is 1. The molecule has 14 heteroatoms. The van der Waals surface area contributed by atoms with E-state index in [0.717, 1.165) is 10.5 Å². The summed E-state index contributed by atoms with van der Waals surface area (Å²) < 4.78 is 6.52. The molecule has 3 aliphatic heterocycles. The predicted octanol–water partition coefficient (Wildman–Crippen LogP) is 6.40. The number of rotatable bonds is 10. The van der Waals surface area contributed by atoms with Gasteiger partial charge in [-0.25, -0.2) is 14.5 Å². The molecule has 7 N–H and O–H groups in total. The molecule has 0 aliphatic carbocycles. The van der Waals surface area contributed by atoms with Crippen molar-refractivity contribution in [3.63, 3.8) is 0 Å². The lowest BCUT2D eigenvalue weighted by Gasteiger charge is -2.46. The maximum Gasteiger partial charge on any atom is 0.329 e. The molecule has 68 heavy (non-hydrogen) atoms. The maximum atomic E-state index is 16.5. The Kier molecular flexibility index (Phi) is 12.5. The van der Waals surface area contributed by atoms with Crippen molar-refractivity contribution in [2.24, 2.45) is 11.7 Å². The number of carbonyl (C=O) groups excluding carboxylic acids is 5. The number of amides is 6. The molecular formula is C54H48N6O8. The number of carbonyl (C=O) groups is 5. The van der Waals surface area contributed by atoms with Gasteiger partial charge in [-0.05, 0) is 70.6 Å². The average molecular weight is 909 g/mol. The van der Waals surface area contributed by atoms with E-state index in [0.29, 0.717) is 27.8 Å². The van der Waals surface area contributed by atoms with Crippen molar-refractivity contribution < 1.29 is 38.9 Å². The number of hydrogen-bond acceptors (Lipinski definition) is 9.